The highest BCUT2D eigenvalue weighted by atomic mass is 16.5. The zero-order valence-electron chi connectivity index (χ0n) is 8.75. The Kier molecular flexibility index (Phi) is 5.25. The van der Waals surface area contributed by atoms with Crippen LogP contribution in [0, 0.1) is 6.07 Å². The number of rotatable bonds is 5. The SMILES string of the molecule is CCOCCNC(=O)Nc1cc[c]cc1. The minimum absolute atomic E-state index is 0.221. The fourth-order valence-corrected chi connectivity index (χ4v) is 1.03. The van der Waals surface area contributed by atoms with Gasteiger partial charge in [-0.25, -0.2) is 4.79 Å². The van der Waals surface area contributed by atoms with E-state index in [2.05, 4.69) is 16.7 Å². The highest BCUT2D eigenvalue weighted by Crippen LogP contribution is 2.03. The number of carbonyl (C=O) groups is 1. The Bertz CT molecular complexity index is 288. The van der Waals surface area contributed by atoms with Gasteiger partial charge in [-0.05, 0) is 25.1 Å². The van der Waals surface area contributed by atoms with E-state index in [0.29, 0.717) is 19.8 Å². The van der Waals surface area contributed by atoms with Gasteiger partial charge < -0.3 is 15.4 Å². The van der Waals surface area contributed by atoms with E-state index in [9.17, 15) is 4.79 Å². The Morgan fingerprint density at radius 3 is 2.87 bits per heavy atom. The third-order valence-electron chi connectivity index (χ3n) is 1.71. The fourth-order valence-electron chi connectivity index (χ4n) is 1.03. The Balaban J connectivity index is 2.19. The summed E-state index contributed by atoms with van der Waals surface area (Å²) in [5.41, 5.74) is 0.752. The van der Waals surface area contributed by atoms with Crippen LogP contribution >= 0.6 is 0 Å². The zero-order valence-corrected chi connectivity index (χ0v) is 8.75. The lowest BCUT2D eigenvalue weighted by Crippen LogP contribution is -2.31. The third kappa shape index (κ3) is 5.02. The van der Waals surface area contributed by atoms with Crippen LogP contribution in [-0.4, -0.2) is 25.8 Å². The summed E-state index contributed by atoms with van der Waals surface area (Å²) in [6.45, 7) is 3.63. The molecule has 2 N–H and O–H groups in total. The quantitative estimate of drug-likeness (QED) is 0.721. The van der Waals surface area contributed by atoms with Crippen molar-refractivity contribution in [3.8, 4) is 0 Å². The molecule has 0 bridgehead atoms. The highest BCUT2D eigenvalue weighted by Gasteiger charge is 1.98. The molecule has 0 aliphatic heterocycles. The average molecular weight is 207 g/mol. The standard InChI is InChI=1S/C11H15N2O2/c1-2-15-9-8-12-11(14)13-10-6-4-3-5-7-10/h4-7H,2,8-9H2,1H3,(H2,12,13,14). The molecule has 0 aromatic heterocycles. The van der Waals surface area contributed by atoms with Crippen molar-refractivity contribution in [2.75, 3.05) is 25.1 Å². The topological polar surface area (TPSA) is 50.4 Å². The Morgan fingerprint density at radius 2 is 2.20 bits per heavy atom. The monoisotopic (exact) mass is 207 g/mol. The molecule has 1 rings (SSSR count). The second kappa shape index (κ2) is 6.84. The van der Waals surface area contributed by atoms with Gasteiger partial charge in [-0.2, -0.15) is 0 Å². The molecule has 0 unspecified atom stereocenters. The predicted molar refractivity (Wildman–Crippen MR) is 58.8 cm³/mol. The van der Waals surface area contributed by atoms with Gasteiger partial charge in [-0.15, -0.1) is 0 Å². The lowest BCUT2D eigenvalue weighted by atomic mass is 10.3. The fraction of sp³-hybridized carbons (Fsp3) is 0.364. The van der Waals surface area contributed by atoms with E-state index in [0.717, 1.165) is 5.69 Å². The lowest BCUT2D eigenvalue weighted by molar-refractivity contribution is 0.150. The molecule has 1 aromatic rings. The van der Waals surface area contributed by atoms with Crippen LogP contribution in [0.1, 0.15) is 6.92 Å². The Labute approximate surface area is 89.6 Å². The van der Waals surface area contributed by atoms with Gasteiger partial charge in [-0.1, -0.05) is 12.1 Å². The van der Waals surface area contributed by atoms with Crippen LogP contribution in [0.2, 0.25) is 0 Å². The summed E-state index contributed by atoms with van der Waals surface area (Å²) < 4.78 is 5.09. The van der Waals surface area contributed by atoms with Crippen LogP contribution in [-0.2, 0) is 4.74 Å². The Morgan fingerprint density at radius 1 is 1.47 bits per heavy atom. The van der Waals surface area contributed by atoms with Gasteiger partial charge in [-0.3, -0.25) is 0 Å². The summed E-state index contributed by atoms with van der Waals surface area (Å²) in [4.78, 5) is 11.3. The maximum Gasteiger partial charge on any atom is 0.319 e. The van der Waals surface area contributed by atoms with Crippen LogP contribution in [0.15, 0.2) is 24.3 Å². The van der Waals surface area contributed by atoms with Crippen molar-refractivity contribution in [3.63, 3.8) is 0 Å². The van der Waals surface area contributed by atoms with Gasteiger partial charge in [0, 0.05) is 18.8 Å². The van der Waals surface area contributed by atoms with Crippen LogP contribution in [0.5, 0.6) is 0 Å². The smallest absolute Gasteiger partial charge is 0.319 e. The van der Waals surface area contributed by atoms with Crippen LogP contribution < -0.4 is 10.6 Å². The number of ether oxygens (including phenoxy) is 1. The largest absolute Gasteiger partial charge is 0.380 e. The molecule has 0 fully saturated rings. The van der Waals surface area contributed by atoms with E-state index in [-0.39, 0.29) is 6.03 Å². The number of anilines is 1. The van der Waals surface area contributed by atoms with Gasteiger partial charge in [0.25, 0.3) is 0 Å². The maximum atomic E-state index is 11.3. The van der Waals surface area contributed by atoms with E-state index in [4.69, 9.17) is 4.74 Å². The maximum absolute atomic E-state index is 11.3. The molecule has 0 heterocycles. The van der Waals surface area contributed by atoms with Crippen molar-refractivity contribution in [1.29, 1.82) is 0 Å². The molecule has 0 saturated carbocycles. The molecule has 1 aromatic carbocycles. The number of hydrogen-bond donors (Lipinski definition) is 2. The van der Waals surface area contributed by atoms with Gasteiger partial charge in [0.1, 0.15) is 0 Å². The molecule has 1 radical (unpaired) electrons. The van der Waals surface area contributed by atoms with Gasteiger partial charge >= 0.3 is 6.03 Å². The highest BCUT2D eigenvalue weighted by molar-refractivity contribution is 5.89. The summed E-state index contributed by atoms with van der Waals surface area (Å²) in [7, 11) is 0. The first-order valence-corrected chi connectivity index (χ1v) is 4.91. The molecule has 81 valence electrons. The van der Waals surface area contributed by atoms with E-state index >= 15 is 0 Å². The van der Waals surface area contributed by atoms with Crippen molar-refractivity contribution in [3.05, 3.63) is 30.3 Å². The van der Waals surface area contributed by atoms with Crippen LogP contribution in [0.3, 0.4) is 0 Å². The molecule has 4 heteroatoms. The third-order valence-corrected chi connectivity index (χ3v) is 1.71. The molecule has 0 atom stereocenters. The molecule has 2 amide bonds. The van der Waals surface area contributed by atoms with Gasteiger partial charge in [0.05, 0.1) is 6.61 Å². The van der Waals surface area contributed by atoms with Crippen molar-refractivity contribution < 1.29 is 9.53 Å². The zero-order chi connectivity index (χ0) is 10.9. The molecular formula is C11H15N2O2. The number of nitrogens with one attached hydrogen (secondary N) is 2. The Hall–Kier alpha value is -1.55. The molecule has 15 heavy (non-hydrogen) atoms. The van der Waals surface area contributed by atoms with Crippen molar-refractivity contribution in [2.45, 2.75) is 6.92 Å². The molecule has 0 aliphatic carbocycles. The minimum Gasteiger partial charge on any atom is -0.380 e. The van der Waals surface area contributed by atoms with Crippen LogP contribution in [0.25, 0.3) is 0 Å². The predicted octanol–water partition coefficient (Wildman–Crippen LogP) is 1.64. The number of urea groups is 1. The molecule has 0 saturated heterocycles. The molecule has 4 nitrogen and oxygen atoms in total. The van der Waals surface area contributed by atoms with E-state index in [1.54, 1.807) is 24.3 Å². The average Bonchev–Trinajstić information content (AvgIpc) is 2.26. The van der Waals surface area contributed by atoms with E-state index in [1.807, 2.05) is 6.92 Å². The molecule has 0 aliphatic rings. The summed E-state index contributed by atoms with van der Waals surface area (Å²) in [6.07, 6.45) is 0. The number of carbonyl (C=O) groups excluding carboxylic acids is 1. The van der Waals surface area contributed by atoms with Gasteiger partial charge in [0.2, 0.25) is 0 Å². The van der Waals surface area contributed by atoms with Crippen molar-refractivity contribution >= 4 is 11.7 Å². The second-order valence-electron chi connectivity index (χ2n) is 2.87. The second-order valence-corrected chi connectivity index (χ2v) is 2.87. The summed E-state index contributed by atoms with van der Waals surface area (Å²) in [5, 5.41) is 5.37. The van der Waals surface area contributed by atoms with Gasteiger partial charge in [0.15, 0.2) is 0 Å². The van der Waals surface area contributed by atoms with E-state index in [1.165, 1.54) is 0 Å². The molecule has 0 spiro atoms. The number of benzene rings is 1. The molecular weight excluding hydrogens is 192 g/mol. The van der Waals surface area contributed by atoms with Crippen LogP contribution in [0.4, 0.5) is 10.5 Å². The first-order valence-electron chi connectivity index (χ1n) is 4.91. The van der Waals surface area contributed by atoms with Crippen molar-refractivity contribution in [1.82, 2.24) is 5.32 Å². The lowest BCUT2D eigenvalue weighted by Gasteiger charge is -2.06. The summed E-state index contributed by atoms with van der Waals surface area (Å²) in [5.74, 6) is 0. The summed E-state index contributed by atoms with van der Waals surface area (Å²) >= 11 is 0. The normalized spacial score (nSPS) is 9.67. The number of amides is 2. The minimum atomic E-state index is -0.221. The number of hydrogen-bond acceptors (Lipinski definition) is 2. The van der Waals surface area contributed by atoms with E-state index < -0.39 is 0 Å². The van der Waals surface area contributed by atoms with Crippen molar-refractivity contribution in [2.24, 2.45) is 0 Å². The first kappa shape index (κ1) is 11.5. The summed E-state index contributed by atoms with van der Waals surface area (Å²) in [6, 6.07) is 9.70. The first-order chi connectivity index (χ1) is 7.33.